The molecule has 0 radical (unpaired) electrons. The molecule has 2 aromatic heterocycles. The average molecular weight is 400 g/mol. The lowest BCUT2D eigenvalue weighted by atomic mass is 9.91. The topological polar surface area (TPSA) is 22.1 Å². The number of hydrogen-bond acceptors (Lipinski definition) is 3. The Balaban J connectivity index is 1.72. The molecule has 0 N–H and O–H groups in total. The van der Waals surface area contributed by atoms with E-state index in [1.165, 1.54) is 57.5 Å². The molecule has 1 aliphatic rings. The molecule has 1 aliphatic carbocycles. The van der Waals surface area contributed by atoms with E-state index in [-0.39, 0.29) is 0 Å². The van der Waals surface area contributed by atoms with Crippen molar-refractivity contribution in [2.75, 3.05) is 6.61 Å². The van der Waals surface area contributed by atoms with E-state index in [1.54, 1.807) is 5.56 Å². The molecule has 5 rings (SSSR count). The lowest BCUT2D eigenvalue weighted by Crippen LogP contribution is -1.99. The minimum absolute atomic E-state index is 0.682. The first-order valence-electron chi connectivity index (χ1n) is 10.5. The highest BCUT2D eigenvalue weighted by Gasteiger charge is 2.21. The number of benzene rings is 2. The first-order chi connectivity index (χ1) is 14.2. The molecule has 0 unspecified atom stereocenters. The zero-order valence-corrected chi connectivity index (χ0v) is 17.8. The van der Waals surface area contributed by atoms with Crippen molar-refractivity contribution in [3.05, 3.63) is 70.6 Å². The van der Waals surface area contributed by atoms with Crippen LogP contribution in [0.1, 0.15) is 35.8 Å². The maximum Gasteiger partial charge on any atom is 0.125 e. The van der Waals surface area contributed by atoms with Crippen LogP contribution in [0.25, 0.3) is 32.6 Å². The second kappa shape index (κ2) is 7.64. The van der Waals surface area contributed by atoms with Crippen molar-refractivity contribution in [3.63, 3.8) is 0 Å². The van der Waals surface area contributed by atoms with E-state index in [4.69, 9.17) is 9.72 Å². The van der Waals surface area contributed by atoms with Crippen molar-refractivity contribution >= 4 is 21.6 Å². The SMILES string of the molecule is CCOc1ccc(-c2cc(-c3cccc(C)c3)c3c4c(sc3n2)CCCC4)cc1. The largest absolute Gasteiger partial charge is 0.494 e. The fourth-order valence-corrected chi connectivity index (χ4v) is 5.62. The van der Waals surface area contributed by atoms with Crippen molar-refractivity contribution < 1.29 is 4.74 Å². The predicted molar refractivity (Wildman–Crippen MR) is 123 cm³/mol. The zero-order chi connectivity index (χ0) is 19.8. The summed E-state index contributed by atoms with van der Waals surface area (Å²) in [4.78, 5) is 7.83. The molecule has 0 atom stereocenters. The van der Waals surface area contributed by atoms with Gasteiger partial charge in [-0.15, -0.1) is 11.3 Å². The van der Waals surface area contributed by atoms with Crippen molar-refractivity contribution in [3.8, 4) is 28.1 Å². The van der Waals surface area contributed by atoms with Crippen LogP contribution in [0, 0.1) is 6.92 Å². The maximum absolute atomic E-state index is 5.61. The third-order valence-corrected chi connectivity index (χ3v) is 6.90. The van der Waals surface area contributed by atoms with Crippen LogP contribution in [0.5, 0.6) is 5.75 Å². The number of aryl methyl sites for hydroxylation is 3. The first-order valence-corrected chi connectivity index (χ1v) is 11.3. The minimum Gasteiger partial charge on any atom is -0.494 e. The summed E-state index contributed by atoms with van der Waals surface area (Å²) in [5, 5.41) is 1.38. The van der Waals surface area contributed by atoms with Crippen LogP contribution in [0.3, 0.4) is 0 Å². The summed E-state index contributed by atoms with van der Waals surface area (Å²) in [5.41, 5.74) is 7.61. The van der Waals surface area contributed by atoms with Gasteiger partial charge in [0.1, 0.15) is 10.6 Å². The number of rotatable bonds is 4. The van der Waals surface area contributed by atoms with Gasteiger partial charge in [-0.3, -0.25) is 0 Å². The van der Waals surface area contributed by atoms with Gasteiger partial charge in [-0.25, -0.2) is 4.98 Å². The molecule has 2 aromatic carbocycles. The Morgan fingerprint density at radius 1 is 0.966 bits per heavy atom. The highest BCUT2D eigenvalue weighted by atomic mass is 32.1. The highest BCUT2D eigenvalue weighted by Crippen LogP contribution is 2.42. The Kier molecular flexibility index (Phi) is 4.84. The van der Waals surface area contributed by atoms with E-state index in [2.05, 4.69) is 49.4 Å². The Bertz CT molecular complexity index is 1170. The van der Waals surface area contributed by atoms with Gasteiger partial charge < -0.3 is 4.74 Å². The fourth-order valence-electron chi connectivity index (χ4n) is 4.34. The molecule has 0 saturated carbocycles. The van der Waals surface area contributed by atoms with Crippen LogP contribution in [-0.4, -0.2) is 11.6 Å². The van der Waals surface area contributed by atoms with Gasteiger partial charge in [0.15, 0.2) is 0 Å². The molecule has 4 aromatic rings. The van der Waals surface area contributed by atoms with Crippen LogP contribution in [0.4, 0.5) is 0 Å². The van der Waals surface area contributed by atoms with Crippen molar-refractivity contribution in [2.24, 2.45) is 0 Å². The summed E-state index contributed by atoms with van der Waals surface area (Å²) >= 11 is 1.90. The lowest BCUT2D eigenvalue weighted by molar-refractivity contribution is 0.340. The van der Waals surface area contributed by atoms with E-state index in [0.717, 1.165) is 17.0 Å². The monoisotopic (exact) mass is 399 g/mol. The molecular weight excluding hydrogens is 374 g/mol. The summed E-state index contributed by atoms with van der Waals surface area (Å²) in [6.45, 7) is 4.86. The van der Waals surface area contributed by atoms with Gasteiger partial charge in [-0.2, -0.15) is 0 Å². The molecule has 0 fully saturated rings. The summed E-state index contributed by atoms with van der Waals surface area (Å²) in [6.07, 6.45) is 4.96. The molecule has 146 valence electrons. The second-order valence-corrected chi connectivity index (χ2v) is 8.86. The Morgan fingerprint density at radius 2 is 1.79 bits per heavy atom. The predicted octanol–water partition coefficient (Wildman–Crippen LogP) is 7.22. The van der Waals surface area contributed by atoms with Crippen molar-refractivity contribution in [1.82, 2.24) is 4.98 Å². The normalized spacial score (nSPS) is 13.4. The van der Waals surface area contributed by atoms with E-state index < -0.39 is 0 Å². The molecule has 0 spiro atoms. The first kappa shape index (κ1) is 18.4. The quantitative estimate of drug-likeness (QED) is 0.361. The Morgan fingerprint density at radius 3 is 2.59 bits per heavy atom. The summed E-state index contributed by atoms with van der Waals surface area (Å²) in [5.74, 6) is 0.905. The standard InChI is InChI=1S/C26H25NOS/c1-3-28-20-13-11-18(12-14-20)23-16-22(19-8-6-7-17(2)15-19)25-21-9-4-5-10-24(21)29-26(25)27-23/h6-8,11-16H,3-5,9-10H2,1-2H3. The van der Waals surface area contributed by atoms with Crippen LogP contribution in [0.2, 0.25) is 0 Å². The van der Waals surface area contributed by atoms with Gasteiger partial charge in [0.05, 0.1) is 12.3 Å². The van der Waals surface area contributed by atoms with Gasteiger partial charge in [-0.05, 0) is 86.6 Å². The van der Waals surface area contributed by atoms with E-state index in [0.29, 0.717) is 6.61 Å². The summed E-state index contributed by atoms with van der Waals surface area (Å²) < 4.78 is 5.61. The molecule has 29 heavy (non-hydrogen) atoms. The van der Waals surface area contributed by atoms with Crippen LogP contribution in [-0.2, 0) is 12.8 Å². The second-order valence-electron chi connectivity index (χ2n) is 7.77. The molecule has 2 nitrogen and oxygen atoms in total. The van der Waals surface area contributed by atoms with Crippen LogP contribution in [0.15, 0.2) is 54.6 Å². The third kappa shape index (κ3) is 3.44. The molecule has 2 heterocycles. The van der Waals surface area contributed by atoms with E-state index >= 15 is 0 Å². The average Bonchev–Trinajstić information content (AvgIpc) is 3.12. The van der Waals surface area contributed by atoms with Gasteiger partial charge in [0.25, 0.3) is 0 Å². The number of fused-ring (bicyclic) bond motifs is 3. The number of ether oxygens (including phenoxy) is 1. The maximum atomic E-state index is 5.61. The smallest absolute Gasteiger partial charge is 0.125 e. The van der Waals surface area contributed by atoms with Crippen molar-refractivity contribution in [2.45, 2.75) is 39.5 Å². The third-order valence-electron chi connectivity index (χ3n) is 5.72. The van der Waals surface area contributed by atoms with E-state index in [1.807, 2.05) is 30.4 Å². The summed E-state index contributed by atoms with van der Waals surface area (Å²) in [6, 6.07) is 19.5. The molecule has 0 aliphatic heterocycles. The van der Waals surface area contributed by atoms with Gasteiger partial charge >= 0.3 is 0 Å². The number of pyridine rings is 1. The molecule has 0 saturated heterocycles. The minimum atomic E-state index is 0.682. The van der Waals surface area contributed by atoms with Gasteiger partial charge in [0, 0.05) is 15.8 Å². The van der Waals surface area contributed by atoms with E-state index in [9.17, 15) is 0 Å². The summed E-state index contributed by atoms with van der Waals surface area (Å²) in [7, 11) is 0. The number of hydrogen-bond donors (Lipinski definition) is 0. The number of nitrogens with zero attached hydrogens (tertiary/aromatic N) is 1. The van der Waals surface area contributed by atoms with Crippen LogP contribution >= 0.6 is 11.3 Å². The zero-order valence-electron chi connectivity index (χ0n) is 17.0. The molecular formula is C26H25NOS. The van der Waals surface area contributed by atoms with Gasteiger partial charge in [0.2, 0.25) is 0 Å². The number of aromatic nitrogens is 1. The molecule has 0 amide bonds. The highest BCUT2D eigenvalue weighted by molar-refractivity contribution is 7.19. The molecule has 3 heteroatoms. The van der Waals surface area contributed by atoms with Gasteiger partial charge in [-0.1, -0.05) is 29.8 Å². The lowest BCUT2D eigenvalue weighted by Gasteiger charge is -2.14. The van der Waals surface area contributed by atoms with Crippen molar-refractivity contribution in [1.29, 1.82) is 0 Å². The Hall–Kier alpha value is -2.65. The number of thiophene rings is 1. The Labute approximate surface area is 176 Å². The fraction of sp³-hybridized carbons (Fsp3) is 0.269. The molecule has 0 bridgehead atoms. The van der Waals surface area contributed by atoms with Crippen LogP contribution < -0.4 is 4.74 Å².